The number of aliphatic hydroxyl groups is 1. The van der Waals surface area contributed by atoms with Crippen molar-refractivity contribution in [3.05, 3.63) is 18.2 Å². The van der Waals surface area contributed by atoms with E-state index in [1.807, 2.05) is 18.2 Å². The van der Waals surface area contributed by atoms with Gasteiger partial charge in [0.1, 0.15) is 5.75 Å². The Morgan fingerprint density at radius 2 is 2.06 bits per heavy atom. The van der Waals surface area contributed by atoms with E-state index < -0.39 is 5.60 Å². The lowest BCUT2D eigenvalue weighted by atomic mass is 9.85. The lowest BCUT2D eigenvalue weighted by Gasteiger charge is -2.32. The molecule has 1 saturated carbocycles. The monoisotopic (exact) mass is 250 g/mol. The van der Waals surface area contributed by atoms with Gasteiger partial charge in [-0.15, -0.1) is 0 Å². The molecular weight excluding hydrogens is 228 g/mol. The number of nitrogen functional groups attached to an aromatic ring is 1. The van der Waals surface area contributed by atoms with Crippen LogP contribution in [0.4, 0.5) is 11.4 Å². The zero-order valence-corrected chi connectivity index (χ0v) is 10.9. The minimum atomic E-state index is -0.590. The van der Waals surface area contributed by atoms with Crippen LogP contribution in [-0.4, -0.2) is 24.4 Å². The molecule has 0 radical (unpaired) electrons. The Hall–Kier alpha value is -1.42. The van der Waals surface area contributed by atoms with Crippen molar-refractivity contribution in [1.82, 2.24) is 0 Å². The van der Waals surface area contributed by atoms with Crippen LogP contribution >= 0.6 is 0 Å². The molecule has 0 aliphatic heterocycles. The van der Waals surface area contributed by atoms with Crippen LogP contribution in [0, 0.1) is 0 Å². The van der Waals surface area contributed by atoms with Gasteiger partial charge >= 0.3 is 0 Å². The first-order chi connectivity index (χ1) is 8.64. The topological polar surface area (TPSA) is 67.5 Å². The molecule has 0 spiro atoms. The number of hydrogen-bond donors (Lipinski definition) is 3. The van der Waals surface area contributed by atoms with Gasteiger partial charge in [0.25, 0.3) is 0 Å². The second-order valence-corrected chi connectivity index (χ2v) is 5.06. The molecule has 4 heteroatoms. The standard InChI is InChI=1S/C14H22N2O2/c1-18-12-7-5-6-11(13(12)15)16-10-14(17)8-3-2-4-9-14/h5-7,16-17H,2-4,8-10,15H2,1H3. The molecule has 0 saturated heterocycles. The summed E-state index contributed by atoms with van der Waals surface area (Å²) in [5.74, 6) is 0.663. The molecule has 0 unspecified atom stereocenters. The normalized spacial score (nSPS) is 18.3. The summed E-state index contributed by atoms with van der Waals surface area (Å²) in [7, 11) is 1.60. The van der Waals surface area contributed by atoms with Crippen LogP contribution in [0.25, 0.3) is 0 Å². The fourth-order valence-electron chi connectivity index (χ4n) is 2.52. The number of ether oxygens (including phenoxy) is 1. The first kappa shape index (κ1) is 13.0. The average Bonchev–Trinajstić information content (AvgIpc) is 2.38. The number of nitrogens with one attached hydrogen (secondary N) is 1. The molecule has 0 bridgehead atoms. The lowest BCUT2D eigenvalue weighted by Crippen LogP contribution is -2.38. The van der Waals surface area contributed by atoms with E-state index in [0.29, 0.717) is 18.0 Å². The first-order valence-electron chi connectivity index (χ1n) is 6.53. The highest BCUT2D eigenvalue weighted by atomic mass is 16.5. The molecule has 0 amide bonds. The average molecular weight is 250 g/mol. The van der Waals surface area contributed by atoms with Gasteiger partial charge in [-0.05, 0) is 25.0 Å². The molecule has 0 atom stereocenters. The Morgan fingerprint density at radius 1 is 1.33 bits per heavy atom. The Morgan fingerprint density at radius 3 is 2.72 bits per heavy atom. The Bertz CT molecular complexity index is 401. The number of para-hydroxylation sites is 1. The van der Waals surface area contributed by atoms with E-state index in [4.69, 9.17) is 10.5 Å². The van der Waals surface area contributed by atoms with E-state index >= 15 is 0 Å². The van der Waals surface area contributed by atoms with E-state index in [-0.39, 0.29) is 0 Å². The largest absolute Gasteiger partial charge is 0.495 e. The van der Waals surface area contributed by atoms with Crippen molar-refractivity contribution >= 4 is 11.4 Å². The Kier molecular flexibility index (Phi) is 3.97. The summed E-state index contributed by atoms with van der Waals surface area (Å²) in [5.41, 5.74) is 6.82. The molecule has 0 heterocycles. The highest BCUT2D eigenvalue weighted by molar-refractivity contribution is 5.72. The zero-order chi connectivity index (χ0) is 13.0. The van der Waals surface area contributed by atoms with Gasteiger partial charge in [-0.25, -0.2) is 0 Å². The molecular formula is C14H22N2O2. The van der Waals surface area contributed by atoms with Crippen LogP contribution in [0.1, 0.15) is 32.1 Å². The van der Waals surface area contributed by atoms with Crippen molar-refractivity contribution < 1.29 is 9.84 Å². The molecule has 1 aliphatic carbocycles. The summed E-state index contributed by atoms with van der Waals surface area (Å²) >= 11 is 0. The van der Waals surface area contributed by atoms with Crippen molar-refractivity contribution in [2.45, 2.75) is 37.7 Å². The van der Waals surface area contributed by atoms with Crippen LogP contribution in [0.5, 0.6) is 5.75 Å². The molecule has 4 N–H and O–H groups in total. The first-order valence-corrected chi connectivity index (χ1v) is 6.53. The fraction of sp³-hybridized carbons (Fsp3) is 0.571. The van der Waals surface area contributed by atoms with E-state index in [9.17, 15) is 5.11 Å². The maximum absolute atomic E-state index is 10.4. The van der Waals surface area contributed by atoms with Crippen LogP contribution in [0.2, 0.25) is 0 Å². The third kappa shape index (κ3) is 2.88. The van der Waals surface area contributed by atoms with Crippen LogP contribution < -0.4 is 15.8 Å². The smallest absolute Gasteiger partial charge is 0.143 e. The molecule has 4 nitrogen and oxygen atoms in total. The van der Waals surface area contributed by atoms with Gasteiger partial charge in [-0.3, -0.25) is 0 Å². The van der Waals surface area contributed by atoms with Gasteiger partial charge in [0.15, 0.2) is 0 Å². The lowest BCUT2D eigenvalue weighted by molar-refractivity contribution is 0.0167. The quantitative estimate of drug-likeness (QED) is 0.718. The van der Waals surface area contributed by atoms with Gasteiger partial charge < -0.3 is 20.9 Å². The fourth-order valence-corrected chi connectivity index (χ4v) is 2.52. The van der Waals surface area contributed by atoms with Crippen molar-refractivity contribution in [1.29, 1.82) is 0 Å². The summed E-state index contributed by atoms with van der Waals surface area (Å²) in [4.78, 5) is 0. The molecule has 18 heavy (non-hydrogen) atoms. The van der Waals surface area contributed by atoms with E-state index in [2.05, 4.69) is 5.32 Å². The van der Waals surface area contributed by atoms with Gasteiger partial charge in [0.05, 0.1) is 24.1 Å². The van der Waals surface area contributed by atoms with Crippen molar-refractivity contribution in [2.75, 3.05) is 24.7 Å². The van der Waals surface area contributed by atoms with Crippen LogP contribution in [-0.2, 0) is 0 Å². The van der Waals surface area contributed by atoms with E-state index in [1.54, 1.807) is 7.11 Å². The Balaban J connectivity index is 2.01. The predicted octanol–water partition coefficient (Wildman–Crippen LogP) is 2.38. The van der Waals surface area contributed by atoms with Crippen LogP contribution in [0.3, 0.4) is 0 Å². The molecule has 1 fully saturated rings. The number of hydrogen-bond acceptors (Lipinski definition) is 4. The molecule has 0 aromatic heterocycles. The van der Waals surface area contributed by atoms with Gasteiger partial charge in [0, 0.05) is 6.54 Å². The second-order valence-electron chi connectivity index (χ2n) is 5.06. The summed E-state index contributed by atoms with van der Waals surface area (Å²) in [6, 6.07) is 5.63. The number of benzene rings is 1. The summed E-state index contributed by atoms with van der Waals surface area (Å²) < 4.78 is 5.18. The summed E-state index contributed by atoms with van der Waals surface area (Å²) in [6.07, 6.45) is 5.16. The van der Waals surface area contributed by atoms with Crippen LogP contribution in [0.15, 0.2) is 18.2 Å². The van der Waals surface area contributed by atoms with Gasteiger partial charge in [-0.1, -0.05) is 25.3 Å². The highest BCUT2D eigenvalue weighted by Gasteiger charge is 2.28. The molecule has 100 valence electrons. The SMILES string of the molecule is COc1cccc(NCC2(O)CCCCC2)c1N. The summed E-state index contributed by atoms with van der Waals surface area (Å²) in [6.45, 7) is 0.546. The summed E-state index contributed by atoms with van der Waals surface area (Å²) in [5, 5.41) is 13.7. The highest BCUT2D eigenvalue weighted by Crippen LogP contribution is 2.32. The van der Waals surface area contributed by atoms with Gasteiger partial charge in [-0.2, -0.15) is 0 Å². The predicted molar refractivity (Wildman–Crippen MR) is 73.9 cm³/mol. The van der Waals surface area contributed by atoms with Crippen molar-refractivity contribution in [3.63, 3.8) is 0 Å². The minimum Gasteiger partial charge on any atom is -0.495 e. The molecule has 1 aromatic carbocycles. The number of methoxy groups -OCH3 is 1. The molecule has 2 rings (SSSR count). The second kappa shape index (κ2) is 5.48. The molecule has 1 aliphatic rings. The minimum absolute atomic E-state index is 0.546. The third-order valence-electron chi connectivity index (χ3n) is 3.68. The van der Waals surface area contributed by atoms with E-state index in [0.717, 1.165) is 31.4 Å². The molecule has 1 aromatic rings. The third-order valence-corrected chi connectivity index (χ3v) is 3.68. The van der Waals surface area contributed by atoms with E-state index in [1.165, 1.54) is 6.42 Å². The maximum Gasteiger partial charge on any atom is 0.143 e. The maximum atomic E-state index is 10.4. The number of anilines is 2. The zero-order valence-electron chi connectivity index (χ0n) is 10.9. The van der Waals surface area contributed by atoms with Gasteiger partial charge in [0.2, 0.25) is 0 Å². The number of rotatable bonds is 4. The van der Waals surface area contributed by atoms with Crippen molar-refractivity contribution in [3.8, 4) is 5.75 Å². The Labute approximate surface area is 108 Å². The number of nitrogens with two attached hydrogens (primary N) is 1. The van der Waals surface area contributed by atoms with Crippen molar-refractivity contribution in [2.24, 2.45) is 0 Å².